The van der Waals surface area contributed by atoms with E-state index in [2.05, 4.69) is 20.9 Å². The average molecular weight is 402 g/mol. The highest BCUT2D eigenvalue weighted by molar-refractivity contribution is 14.0. The molecule has 0 radical (unpaired) electrons. The number of halogens is 1. The van der Waals surface area contributed by atoms with E-state index in [1.807, 2.05) is 6.92 Å². The van der Waals surface area contributed by atoms with Crippen LogP contribution in [0.4, 0.5) is 0 Å². The molecule has 0 aliphatic carbocycles. The van der Waals surface area contributed by atoms with Gasteiger partial charge in [-0.15, -0.1) is 24.0 Å². The molecule has 0 bridgehead atoms. The van der Waals surface area contributed by atoms with E-state index >= 15 is 0 Å². The van der Waals surface area contributed by atoms with Crippen molar-refractivity contribution in [3.8, 4) is 0 Å². The summed E-state index contributed by atoms with van der Waals surface area (Å²) in [6.45, 7) is 5.39. The number of nitrogens with zero attached hydrogens (tertiary/aromatic N) is 1. The maximum absolute atomic E-state index is 11.4. The molecule has 0 saturated carbocycles. The van der Waals surface area contributed by atoms with Gasteiger partial charge < -0.3 is 25.4 Å². The van der Waals surface area contributed by atoms with Gasteiger partial charge in [0.1, 0.15) is 0 Å². The zero-order valence-electron chi connectivity index (χ0n) is 12.5. The van der Waals surface area contributed by atoms with Crippen molar-refractivity contribution in [2.24, 2.45) is 4.99 Å². The molecule has 20 heavy (non-hydrogen) atoms. The third-order valence-electron chi connectivity index (χ3n) is 2.23. The quantitative estimate of drug-likeness (QED) is 0.207. The Labute approximate surface area is 138 Å². The Morgan fingerprint density at radius 2 is 1.90 bits per heavy atom. The van der Waals surface area contributed by atoms with Crippen LogP contribution in [0.1, 0.15) is 13.3 Å². The maximum atomic E-state index is 11.4. The average Bonchev–Trinajstić information content (AvgIpc) is 2.42. The van der Waals surface area contributed by atoms with E-state index in [1.165, 1.54) is 0 Å². The molecule has 0 aromatic heterocycles. The van der Waals surface area contributed by atoms with Crippen LogP contribution < -0.4 is 16.0 Å². The molecule has 1 amide bonds. The number of hydrogen-bond acceptors (Lipinski definition) is 4. The number of methoxy groups -OCH3 is 1. The van der Waals surface area contributed by atoms with Crippen LogP contribution in [0.15, 0.2) is 4.99 Å². The molecule has 0 fully saturated rings. The van der Waals surface area contributed by atoms with Gasteiger partial charge in [0.15, 0.2) is 5.96 Å². The summed E-state index contributed by atoms with van der Waals surface area (Å²) in [6, 6.07) is 0. The van der Waals surface area contributed by atoms with Gasteiger partial charge in [-0.1, -0.05) is 0 Å². The summed E-state index contributed by atoms with van der Waals surface area (Å²) >= 11 is 0. The predicted molar refractivity (Wildman–Crippen MR) is 90.8 cm³/mol. The van der Waals surface area contributed by atoms with Crippen LogP contribution in [-0.4, -0.2) is 65.5 Å². The topological polar surface area (TPSA) is 84.0 Å². The number of ether oxygens (including phenoxy) is 2. The van der Waals surface area contributed by atoms with Gasteiger partial charge in [0.25, 0.3) is 0 Å². The van der Waals surface area contributed by atoms with Crippen LogP contribution in [0.2, 0.25) is 0 Å². The summed E-state index contributed by atoms with van der Waals surface area (Å²) in [5.41, 5.74) is 0. The van der Waals surface area contributed by atoms with Crippen LogP contribution in [0, 0.1) is 0 Å². The van der Waals surface area contributed by atoms with E-state index in [4.69, 9.17) is 9.47 Å². The highest BCUT2D eigenvalue weighted by Crippen LogP contribution is 1.80. The summed E-state index contributed by atoms with van der Waals surface area (Å²) < 4.78 is 10.1. The summed E-state index contributed by atoms with van der Waals surface area (Å²) in [4.78, 5) is 15.4. The van der Waals surface area contributed by atoms with Crippen LogP contribution in [-0.2, 0) is 14.3 Å². The molecule has 0 unspecified atom stereocenters. The van der Waals surface area contributed by atoms with Gasteiger partial charge in [0, 0.05) is 40.5 Å². The highest BCUT2D eigenvalue weighted by atomic mass is 127. The number of hydrogen-bond donors (Lipinski definition) is 3. The Hall–Kier alpha value is -0.610. The van der Waals surface area contributed by atoms with Crippen molar-refractivity contribution < 1.29 is 14.3 Å². The second-order valence-corrected chi connectivity index (χ2v) is 3.75. The molecule has 0 saturated heterocycles. The van der Waals surface area contributed by atoms with Crippen molar-refractivity contribution in [3.05, 3.63) is 0 Å². The maximum Gasteiger partial charge on any atom is 0.239 e. The normalized spacial score (nSPS) is 10.7. The Morgan fingerprint density at radius 1 is 1.15 bits per heavy atom. The lowest BCUT2D eigenvalue weighted by Gasteiger charge is -2.11. The van der Waals surface area contributed by atoms with Crippen LogP contribution in [0.3, 0.4) is 0 Å². The first-order valence-corrected chi connectivity index (χ1v) is 6.52. The zero-order chi connectivity index (χ0) is 14.3. The van der Waals surface area contributed by atoms with Gasteiger partial charge in [-0.05, 0) is 13.3 Å². The molecular weight excluding hydrogens is 375 g/mol. The number of guanidine groups is 1. The van der Waals surface area contributed by atoms with Crippen molar-refractivity contribution in [3.63, 3.8) is 0 Å². The van der Waals surface area contributed by atoms with Crippen molar-refractivity contribution in [2.75, 3.05) is 53.6 Å². The van der Waals surface area contributed by atoms with Crippen molar-refractivity contribution >= 4 is 35.8 Å². The number of nitrogens with one attached hydrogen (secondary N) is 3. The van der Waals surface area contributed by atoms with Gasteiger partial charge in [0.2, 0.25) is 5.91 Å². The molecule has 0 heterocycles. The number of carbonyl (C=O) groups is 1. The van der Waals surface area contributed by atoms with E-state index in [0.29, 0.717) is 19.1 Å². The standard InChI is InChI=1S/C12H26N4O3.HI/c1-4-19-8-5-6-15-12(13-2)16-10-11(17)14-7-9-18-3;/h4-10H2,1-3H3,(H,14,17)(H2,13,15,16);1H. The highest BCUT2D eigenvalue weighted by Gasteiger charge is 2.02. The first-order chi connectivity index (χ1) is 9.24. The SMILES string of the molecule is CCOCCCNC(=NC)NCC(=O)NCCOC.I. The Morgan fingerprint density at radius 3 is 2.50 bits per heavy atom. The molecule has 3 N–H and O–H groups in total. The fourth-order valence-electron chi connectivity index (χ4n) is 1.26. The van der Waals surface area contributed by atoms with Crippen molar-refractivity contribution in [2.45, 2.75) is 13.3 Å². The van der Waals surface area contributed by atoms with E-state index in [1.54, 1.807) is 14.2 Å². The van der Waals surface area contributed by atoms with Gasteiger partial charge in [-0.2, -0.15) is 0 Å². The van der Waals surface area contributed by atoms with E-state index in [9.17, 15) is 4.79 Å². The minimum Gasteiger partial charge on any atom is -0.383 e. The lowest BCUT2D eigenvalue weighted by atomic mass is 10.4. The zero-order valence-corrected chi connectivity index (χ0v) is 14.9. The largest absolute Gasteiger partial charge is 0.383 e. The molecule has 0 aliphatic rings. The van der Waals surface area contributed by atoms with Gasteiger partial charge >= 0.3 is 0 Å². The predicted octanol–water partition coefficient (Wildman–Crippen LogP) is -0.0414. The molecule has 0 rings (SSSR count). The molecule has 8 heteroatoms. The van der Waals surface area contributed by atoms with Crippen LogP contribution >= 0.6 is 24.0 Å². The third-order valence-corrected chi connectivity index (χ3v) is 2.23. The summed E-state index contributed by atoms with van der Waals surface area (Å²) in [5, 5.41) is 8.76. The lowest BCUT2D eigenvalue weighted by molar-refractivity contribution is -0.120. The third kappa shape index (κ3) is 13.8. The number of rotatable bonds is 10. The summed E-state index contributed by atoms with van der Waals surface area (Å²) in [6.07, 6.45) is 0.897. The number of aliphatic imine (C=N–C) groups is 1. The Bertz CT molecular complexity index is 265. The molecule has 7 nitrogen and oxygen atoms in total. The van der Waals surface area contributed by atoms with E-state index < -0.39 is 0 Å². The van der Waals surface area contributed by atoms with Gasteiger partial charge in [-0.3, -0.25) is 9.79 Å². The fraction of sp³-hybridized carbons (Fsp3) is 0.833. The molecule has 0 aromatic rings. The van der Waals surface area contributed by atoms with Gasteiger partial charge in [-0.25, -0.2) is 0 Å². The van der Waals surface area contributed by atoms with E-state index in [0.717, 1.165) is 26.2 Å². The Kier molecular flexibility index (Phi) is 17.8. The molecular formula is C12H27IN4O3. The second-order valence-electron chi connectivity index (χ2n) is 3.75. The molecule has 120 valence electrons. The number of amides is 1. The summed E-state index contributed by atoms with van der Waals surface area (Å²) in [5.74, 6) is 0.521. The van der Waals surface area contributed by atoms with Crippen molar-refractivity contribution in [1.82, 2.24) is 16.0 Å². The molecule has 0 aliphatic heterocycles. The second kappa shape index (κ2) is 16.4. The molecule has 0 atom stereocenters. The minimum atomic E-state index is -0.0886. The smallest absolute Gasteiger partial charge is 0.239 e. The van der Waals surface area contributed by atoms with Crippen LogP contribution in [0.5, 0.6) is 0 Å². The minimum absolute atomic E-state index is 0. The first kappa shape index (κ1) is 21.7. The van der Waals surface area contributed by atoms with E-state index in [-0.39, 0.29) is 36.4 Å². The van der Waals surface area contributed by atoms with Crippen LogP contribution in [0.25, 0.3) is 0 Å². The van der Waals surface area contributed by atoms with Gasteiger partial charge in [0.05, 0.1) is 13.2 Å². The molecule has 0 spiro atoms. The van der Waals surface area contributed by atoms with Crippen molar-refractivity contribution in [1.29, 1.82) is 0 Å². The fourth-order valence-corrected chi connectivity index (χ4v) is 1.26. The first-order valence-electron chi connectivity index (χ1n) is 6.52. The Balaban J connectivity index is 0. The summed E-state index contributed by atoms with van der Waals surface area (Å²) in [7, 11) is 3.26. The number of carbonyl (C=O) groups excluding carboxylic acids is 1. The monoisotopic (exact) mass is 402 g/mol. The lowest BCUT2D eigenvalue weighted by Crippen LogP contribution is -2.44. The molecule has 0 aromatic carbocycles.